The van der Waals surface area contributed by atoms with Crippen LogP contribution in [0.5, 0.6) is 0 Å². The van der Waals surface area contributed by atoms with Gasteiger partial charge in [-0.25, -0.2) is 13.1 Å². The molecule has 1 aromatic carbocycles. The van der Waals surface area contributed by atoms with Crippen LogP contribution in [-0.2, 0) is 10.0 Å². The number of benzene rings is 1. The monoisotopic (exact) mass is 228 g/mol. The summed E-state index contributed by atoms with van der Waals surface area (Å²) in [6.45, 7) is 1.11. The molecule has 0 bridgehead atoms. The Morgan fingerprint density at radius 1 is 1.20 bits per heavy atom. The summed E-state index contributed by atoms with van der Waals surface area (Å²) < 4.78 is 25.9. The van der Waals surface area contributed by atoms with Gasteiger partial charge in [0.05, 0.1) is 4.90 Å². The number of nitrogens with one attached hydrogen (secondary N) is 1. The summed E-state index contributed by atoms with van der Waals surface area (Å²) in [5.74, 6) is 0. The molecule has 0 spiro atoms. The molecule has 15 heavy (non-hydrogen) atoms. The highest BCUT2D eigenvalue weighted by Crippen LogP contribution is 2.06. The summed E-state index contributed by atoms with van der Waals surface area (Å²) in [5, 5.41) is 0. The van der Waals surface area contributed by atoms with Gasteiger partial charge in [-0.3, -0.25) is 0 Å². The third-order valence-electron chi connectivity index (χ3n) is 1.90. The minimum Gasteiger partial charge on any atom is -0.308 e. The van der Waals surface area contributed by atoms with Gasteiger partial charge in [0, 0.05) is 13.1 Å². The van der Waals surface area contributed by atoms with Crippen molar-refractivity contribution in [1.82, 2.24) is 9.62 Å². The van der Waals surface area contributed by atoms with Crippen LogP contribution >= 0.6 is 0 Å². The molecule has 1 rings (SSSR count). The average Bonchev–Trinajstić information content (AvgIpc) is 2.18. The smallest absolute Gasteiger partial charge is 0.240 e. The lowest BCUT2D eigenvalue weighted by Gasteiger charge is -2.10. The first-order valence-electron chi connectivity index (χ1n) is 4.72. The maximum atomic E-state index is 11.7. The van der Waals surface area contributed by atoms with E-state index in [1.807, 2.05) is 19.0 Å². The highest BCUT2D eigenvalue weighted by atomic mass is 32.2. The summed E-state index contributed by atoms with van der Waals surface area (Å²) in [4.78, 5) is 2.23. The molecular formula is C10H16N2O2S. The van der Waals surface area contributed by atoms with Crippen molar-refractivity contribution in [2.24, 2.45) is 0 Å². The van der Waals surface area contributed by atoms with E-state index in [-0.39, 0.29) is 0 Å². The first kappa shape index (κ1) is 12.2. The van der Waals surface area contributed by atoms with E-state index in [9.17, 15) is 8.42 Å². The van der Waals surface area contributed by atoms with Gasteiger partial charge >= 0.3 is 0 Å². The molecule has 4 nitrogen and oxygen atoms in total. The Kier molecular flexibility index (Phi) is 4.26. The lowest BCUT2D eigenvalue weighted by Crippen LogP contribution is -2.31. The number of hydrogen-bond acceptors (Lipinski definition) is 3. The molecule has 0 heterocycles. The van der Waals surface area contributed by atoms with Crippen LogP contribution in [0.15, 0.2) is 35.2 Å². The Morgan fingerprint density at radius 2 is 1.80 bits per heavy atom. The number of rotatable bonds is 5. The lowest BCUT2D eigenvalue weighted by atomic mass is 10.4. The maximum Gasteiger partial charge on any atom is 0.240 e. The van der Waals surface area contributed by atoms with Gasteiger partial charge in [-0.2, -0.15) is 0 Å². The molecule has 0 aliphatic carbocycles. The third kappa shape index (κ3) is 3.99. The van der Waals surface area contributed by atoms with Crippen molar-refractivity contribution < 1.29 is 8.42 Å². The van der Waals surface area contributed by atoms with Crippen molar-refractivity contribution in [2.45, 2.75) is 4.90 Å². The van der Waals surface area contributed by atoms with E-state index in [2.05, 4.69) is 4.72 Å². The molecule has 84 valence electrons. The molecule has 0 amide bonds. The van der Waals surface area contributed by atoms with E-state index in [1.165, 1.54) is 0 Å². The van der Waals surface area contributed by atoms with Crippen molar-refractivity contribution >= 4 is 10.0 Å². The summed E-state index contributed by atoms with van der Waals surface area (Å²) in [7, 11) is 0.467. The molecule has 0 saturated carbocycles. The van der Waals surface area contributed by atoms with Crippen molar-refractivity contribution in [3.05, 3.63) is 30.3 Å². The maximum absolute atomic E-state index is 11.7. The van der Waals surface area contributed by atoms with E-state index >= 15 is 0 Å². The fourth-order valence-electron chi connectivity index (χ4n) is 1.09. The van der Waals surface area contributed by atoms with Crippen LogP contribution in [0.1, 0.15) is 0 Å². The fourth-order valence-corrected chi connectivity index (χ4v) is 2.13. The second-order valence-electron chi connectivity index (χ2n) is 3.51. The molecule has 1 aromatic rings. The first-order valence-corrected chi connectivity index (χ1v) is 6.20. The molecule has 0 unspecified atom stereocenters. The molecule has 1 N–H and O–H groups in total. The molecule has 0 aromatic heterocycles. The molecule has 0 atom stereocenters. The summed E-state index contributed by atoms with van der Waals surface area (Å²) in [5.41, 5.74) is 0. The minimum absolute atomic E-state index is 0.309. The van der Waals surface area contributed by atoms with Gasteiger partial charge in [-0.1, -0.05) is 18.2 Å². The standard InChI is InChI=1S/C10H16N2O2S/c1-12(2)9-8-11-15(13,14)10-6-4-3-5-7-10/h3-7,11H,8-9H2,1-2H3. The zero-order valence-corrected chi connectivity index (χ0v) is 9.79. The van der Waals surface area contributed by atoms with E-state index in [0.717, 1.165) is 0 Å². The molecular weight excluding hydrogens is 212 g/mol. The van der Waals surface area contributed by atoms with Gasteiger partial charge in [0.2, 0.25) is 10.0 Å². The van der Waals surface area contributed by atoms with Crippen LogP contribution in [0.25, 0.3) is 0 Å². The topological polar surface area (TPSA) is 49.4 Å². The van der Waals surface area contributed by atoms with Gasteiger partial charge < -0.3 is 4.90 Å². The lowest BCUT2D eigenvalue weighted by molar-refractivity contribution is 0.412. The second kappa shape index (κ2) is 5.25. The minimum atomic E-state index is -3.33. The predicted molar refractivity (Wildman–Crippen MR) is 60.2 cm³/mol. The van der Waals surface area contributed by atoms with E-state index in [4.69, 9.17) is 0 Å². The Balaban J connectivity index is 2.61. The summed E-state index contributed by atoms with van der Waals surface area (Å²) >= 11 is 0. The normalized spacial score (nSPS) is 11.9. The fraction of sp³-hybridized carbons (Fsp3) is 0.400. The number of hydrogen-bond donors (Lipinski definition) is 1. The van der Waals surface area contributed by atoms with Gasteiger partial charge in [-0.15, -0.1) is 0 Å². The summed E-state index contributed by atoms with van der Waals surface area (Å²) in [6, 6.07) is 8.37. The quantitative estimate of drug-likeness (QED) is 0.799. The zero-order chi connectivity index (χ0) is 11.3. The molecule has 0 saturated heterocycles. The molecule has 0 fully saturated rings. The van der Waals surface area contributed by atoms with Crippen molar-refractivity contribution in [2.75, 3.05) is 27.2 Å². The largest absolute Gasteiger partial charge is 0.308 e. The molecule has 0 aliphatic heterocycles. The molecule has 5 heteroatoms. The SMILES string of the molecule is CN(C)CCNS(=O)(=O)c1ccccc1. The third-order valence-corrected chi connectivity index (χ3v) is 3.38. The van der Waals surface area contributed by atoms with Gasteiger partial charge in [-0.05, 0) is 26.2 Å². The number of nitrogens with zero attached hydrogens (tertiary/aromatic N) is 1. The van der Waals surface area contributed by atoms with Crippen molar-refractivity contribution in [1.29, 1.82) is 0 Å². The Hall–Kier alpha value is -0.910. The van der Waals surface area contributed by atoms with Crippen molar-refractivity contribution in [3.8, 4) is 0 Å². The summed E-state index contributed by atoms with van der Waals surface area (Å²) in [6.07, 6.45) is 0. The van der Waals surface area contributed by atoms with Gasteiger partial charge in [0.1, 0.15) is 0 Å². The Morgan fingerprint density at radius 3 is 2.33 bits per heavy atom. The first-order chi connectivity index (χ1) is 7.02. The van der Waals surface area contributed by atoms with E-state index < -0.39 is 10.0 Å². The van der Waals surface area contributed by atoms with Crippen LogP contribution in [0.2, 0.25) is 0 Å². The van der Waals surface area contributed by atoms with E-state index in [1.54, 1.807) is 30.3 Å². The van der Waals surface area contributed by atoms with Crippen LogP contribution < -0.4 is 4.72 Å². The highest BCUT2D eigenvalue weighted by molar-refractivity contribution is 7.89. The number of likely N-dealkylation sites (N-methyl/N-ethyl adjacent to an activating group) is 1. The van der Waals surface area contributed by atoms with Crippen LogP contribution in [0.4, 0.5) is 0 Å². The second-order valence-corrected chi connectivity index (χ2v) is 5.28. The highest BCUT2D eigenvalue weighted by Gasteiger charge is 2.11. The van der Waals surface area contributed by atoms with E-state index in [0.29, 0.717) is 18.0 Å². The molecule has 0 radical (unpaired) electrons. The Bertz CT molecular complexity index is 387. The van der Waals surface area contributed by atoms with Gasteiger partial charge in [0.25, 0.3) is 0 Å². The average molecular weight is 228 g/mol. The Labute approximate surface area is 91.0 Å². The predicted octanol–water partition coefficient (Wildman–Crippen LogP) is 0.526. The van der Waals surface area contributed by atoms with Crippen molar-refractivity contribution in [3.63, 3.8) is 0 Å². The number of sulfonamides is 1. The zero-order valence-electron chi connectivity index (χ0n) is 8.97. The van der Waals surface area contributed by atoms with Crippen LogP contribution in [0, 0.1) is 0 Å². The molecule has 0 aliphatic rings. The van der Waals surface area contributed by atoms with Crippen LogP contribution in [0.3, 0.4) is 0 Å². The van der Waals surface area contributed by atoms with Gasteiger partial charge in [0.15, 0.2) is 0 Å². The van der Waals surface area contributed by atoms with Crippen LogP contribution in [-0.4, -0.2) is 40.5 Å².